The predicted molar refractivity (Wildman–Crippen MR) is 151 cm³/mol. The van der Waals surface area contributed by atoms with E-state index in [0.717, 1.165) is 44.9 Å². The first-order valence-electron chi connectivity index (χ1n) is 13.9. The van der Waals surface area contributed by atoms with Crippen molar-refractivity contribution in [2.45, 2.75) is 122 Å². The molecule has 188 valence electrons. The molecule has 0 heterocycles. The van der Waals surface area contributed by atoms with Gasteiger partial charge in [-0.2, -0.15) is 0 Å². The Morgan fingerprint density at radius 3 is 1.03 bits per heavy atom. The molecule has 0 aliphatic heterocycles. The zero-order chi connectivity index (χ0) is 23.9. The van der Waals surface area contributed by atoms with Crippen molar-refractivity contribution < 1.29 is 5.11 Å². The zero-order valence-electron chi connectivity index (χ0n) is 21.8. The molecular formula is C32H54O. The van der Waals surface area contributed by atoms with Crippen molar-refractivity contribution in [3.63, 3.8) is 0 Å². The molecule has 0 aromatic heterocycles. The fraction of sp³-hybridized carbons (Fsp3) is 0.625. The third-order valence-corrected chi connectivity index (χ3v) is 5.63. The van der Waals surface area contributed by atoms with Crippen LogP contribution in [0, 0.1) is 0 Å². The molecule has 1 N–H and O–H groups in total. The average Bonchev–Trinajstić information content (AvgIpc) is 2.83. The van der Waals surface area contributed by atoms with Crippen LogP contribution >= 0.6 is 0 Å². The van der Waals surface area contributed by atoms with Crippen molar-refractivity contribution >= 4 is 0 Å². The van der Waals surface area contributed by atoms with Crippen molar-refractivity contribution in [3.8, 4) is 0 Å². The van der Waals surface area contributed by atoms with Crippen molar-refractivity contribution in [2.24, 2.45) is 0 Å². The first kappa shape index (κ1) is 31.4. The molecule has 0 spiro atoms. The van der Waals surface area contributed by atoms with E-state index in [1.165, 1.54) is 70.6 Å². The second-order valence-electron chi connectivity index (χ2n) is 8.82. The lowest BCUT2D eigenvalue weighted by molar-refractivity contribution is 0.282. The highest BCUT2D eigenvalue weighted by molar-refractivity contribution is 5.01. The predicted octanol–water partition coefficient (Wildman–Crippen LogP) is 10.4. The molecule has 0 atom stereocenters. The number of hydrogen-bond acceptors (Lipinski definition) is 1. The minimum Gasteiger partial charge on any atom is -0.396 e. The zero-order valence-corrected chi connectivity index (χ0v) is 21.8. The number of unbranched alkanes of at least 4 members (excludes halogenated alkanes) is 11. The second kappa shape index (κ2) is 30.4. The first-order valence-corrected chi connectivity index (χ1v) is 13.9. The Balaban J connectivity index is 3.35. The van der Waals surface area contributed by atoms with E-state index in [1.54, 1.807) is 0 Å². The van der Waals surface area contributed by atoms with Gasteiger partial charge in [-0.1, -0.05) is 138 Å². The largest absolute Gasteiger partial charge is 0.396 e. The van der Waals surface area contributed by atoms with Crippen molar-refractivity contribution in [3.05, 3.63) is 72.9 Å². The van der Waals surface area contributed by atoms with Gasteiger partial charge in [-0.15, -0.1) is 0 Å². The fourth-order valence-electron chi connectivity index (χ4n) is 3.60. The highest BCUT2D eigenvalue weighted by Gasteiger charge is 1.93. The van der Waals surface area contributed by atoms with Crippen LogP contribution in [-0.2, 0) is 0 Å². The maximum absolute atomic E-state index is 8.75. The molecule has 0 aliphatic carbocycles. The Labute approximate surface area is 207 Å². The number of aliphatic hydroxyl groups is 1. The molecule has 0 fully saturated rings. The van der Waals surface area contributed by atoms with Gasteiger partial charge in [-0.05, 0) is 57.8 Å². The summed E-state index contributed by atoms with van der Waals surface area (Å²) in [5.74, 6) is 0. The SMILES string of the molecule is CC/C=C\C/C=C/C/C=C\C/C=C\C/C=C\C/C=C\CCCCCCCCCCCCCO. The molecule has 0 amide bonds. The van der Waals surface area contributed by atoms with E-state index in [0.29, 0.717) is 6.61 Å². The summed E-state index contributed by atoms with van der Waals surface area (Å²) in [4.78, 5) is 0. The molecule has 1 heteroatoms. The van der Waals surface area contributed by atoms with E-state index in [9.17, 15) is 0 Å². The summed E-state index contributed by atoms with van der Waals surface area (Å²) in [5.41, 5.74) is 0. The molecule has 0 aliphatic rings. The van der Waals surface area contributed by atoms with E-state index < -0.39 is 0 Å². The summed E-state index contributed by atoms with van der Waals surface area (Å²) in [6, 6.07) is 0. The molecule has 0 unspecified atom stereocenters. The summed E-state index contributed by atoms with van der Waals surface area (Å²) >= 11 is 0. The molecule has 0 saturated carbocycles. The van der Waals surface area contributed by atoms with E-state index >= 15 is 0 Å². The Hall–Kier alpha value is -1.60. The summed E-state index contributed by atoms with van der Waals surface area (Å²) in [7, 11) is 0. The van der Waals surface area contributed by atoms with Gasteiger partial charge in [0.2, 0.25) is 0 Å². The van der Waals surface area contributed by atoms with Gasteiger partial charge >= 0.3 is 0 Å². The van der Waals surface area contributed by atoms with E-state index in [-0.39, 0.29) is 0 Å². The first-order chi connectivity index (χ1) is 16.4. The molecular weight excluding hydrogens is 400 g/mol. The summed E-state index contributed by atoms with van der Waals surface area (Å²) in [5, 5.41) is 8.75. The Morgan fingerprint density at radius 2 is 0.667 bits per heavy atom. The van der Waals surface area contributed by atoms with Crippen LogP contribution in [0.2, 0.25) is 0 Å². The van der Waals surface area contributed by atoms with Crippen LogP contribution in [0.1, 0.15) is 122 Å². The van der Waals surface area contributed by atoms with Crippen LogP contribution in [-0.4, -0.2) is 11.7 Å². The quantitative estimate of drug-likeness (QED) is 0.114. The average molecular weight is 455 g/mol. The van der Waals surface area contributed by atoms with Crippen molar-refractivity contribution in [2.75, 3.05) is 6.61 Å². The summed E-state index contributed by atoms with van der Waals surface area (Å²) < 4.78 is 0. The molecule has 0 aromatic carbocycles. The lowest BCUT2D eigenvalue weighted by Crippen LogP contribution is -1.84. The topological polar surface area (TPSA) is 20.2 Å². The van der Waals surface area contributed by atoms with E-state index in [1.807, 2.05) is 0 Å². The van der Waals surface area contributed by atoms with Crippen LogP contribution in [0.5, 0.6) is 0 Å². The number of rotatable bonds is 24. The minimum absolute atomic E-state index is 0.360. The van der Waals surface area contributed by atoms with Crippen LogP contribution in [0.25, 0.3) is 0 Å². The van der Waals surface area contributed by atoms with Crippen LogP contribution < -0.4 is 0 Å². The maximum Gasteiger partial charge on any atom is 0.0431 e. The van der Waals surface area contributed by atoms with Crippen LogP contribution in [0.3, 0.4) is 0 Å². The van der Waals surface area contributed by atoms with Gasteiger partial charge in [0.25, 0.3) is 0 Å². The van der Waals surface area contributed by atoms with Gasteiger partial charge in [-0.25, -0.2) is 0 Å². The van der Waals surface area contributed by atoms with E-state index in [4.69, 9.17) is 5.11 Å². The summed E-state index contributed by atoms with van der Waals surface area (Å²) in [6.45, 7) is 2.53. The van der Waals surface area contributed by atoms with Gasteiger partial charge in [-0.3, -0.25) is 0 Å². The smallest absolute Gasteiger partial charge is 0.0431 e. The Kier molecular flexibility index (Phi) is 28.9. The Morgan fingerprint density at radius 1 is 0.364 bits per heavy atom. The second-order valence-corrected chi connectivity index (χ2v) is 8.82. The molecule has 0 bridgehead atoms. The fourth-order valence-corrected chi connectivity index (χ4v) is 3.60. The molecule has 0 radical (unpaired) electrons. The third-order valence-electron chi connectivity index (χ3n) is 5.63. The van der Waals surface area contributed by atoms with Gasteiger partial charge < -0.3 is 5.11 Å². The highest BCUT2D eigenvalue weighted by Crippen LogP contribution is 2.12. The van der Waals surface area contributed by atoms with Gasteiger partial charge in [0.15, 0.2) is 0 Å². The van der Waals surface area contributed by atoms with Crippen LogP contribution in [0.4, 0.5) is 0 Å². The standard InChI is InChI=1S/C32H54O/c1-2-3-4-5-6-7-8-9-10-11-12-13-14-15-16-17-18-19-20-21-22-23-24-25-26-27-28-29-30-31-32-33/h3-4,6-7,9-10,12-13,15-16,18-19,33H,2,5,8,11,14,17,20-32H2,1H3/b4-3-,7-6+,10-9-,13-12-,16-15-,19-18-. The van der Waals surface area contributed by atoms with Gasteiger partial charge in [0, 0.05) is 6.61 Å². The molecule has 0 aromatic rings. The molecule has 0 saturated heterocycles. The van der Waals surface area contributed by atoms with Gasteiger partial charge in [0.1, 0.15) is 0 Å². The molecule has 0 rings (SSSR count). The monoisotopic (exact) mass is 454 g/mol. The highest BCUT2D eigenvalue weighted by atomic mass is 16.2. The number of hydrogen-bond donors (Lipinski definition) is 1. The molecule has 33 heavy (non-hydrogen) atoms. The Bertz CT molecular complexity index is 533. The number of allylic oxidation sites excluding steroid dienone is 12. The maximum atomic E-state index is 8.75. The normalized spacial score (nSPS) is 12.9. The van der Waals surface area contributed by atoms with Gasteiger partial charge in [0.05, 0.1) is 0 Å². The number of aliphatic hydroxyl groups excluding tert-OH is 1. The van der Waals surface area contributed by atoms with Crippen molar-refractivity contribution in [1.82, 2.24) is 0 Å². The lowest BCUT2D eigenvalue weighted by Gasteiger charge is -2.02. The minimum atomic E-state index is 0.360. The van der Waals surface area contributed by atoms with E-state index in [2.05, 4.69) is 79.8 Å². The lowest BCUT2D eigenvalue weighted by atomic mass is 10.1. The van der Waals surface area contributed by atoms with Crippen LogP contribution in [0.15, 0.2) is 72.9 Å². The third kappa shape index (κ3) is 30.4. The van der Waals surface area contributed by atoms with Crippen molar-refractivity contribution in [1.29, 1.82) is 0 Å². The molecule has 1 nitrogen and oxygen atoms in total. The summed E-state index contributed by atoms with van der Waals surface area (Å²) in [6.07, 6.45) is 49.2.